The molecular formula is C54H56N10O5S2. The van der Waals surface area contributed by atoms with Crippen molar-refractivity contribution in [3.63, 3.8) is 0 Å². The van der Waals surface area contributed by atoms with Crippen LogP contribution >= 0.6 is 23.5 Å². The van der Waals surface area contributed by atoms with Crippen molar-refractivity contribution in [1.82, 2.24) is 34.8 Å². The fourth-order valence-corrected chi connectivity index (χ4v) is 9.28. The highest BCUT2D eigenvalue weighted by atomic mass is 32.2. The van der Waals surface area contributed by atoms with E-state index in [2.05, 4.69) is 41.7 Å². The van der Waals surface area contributed by atoms with Crippen molar-refractivity contribution in [3.05, 3.63) is 179 Å². The fourth-order valence-electron chi connectivity index (χ4n) is 7.60. The van der Waals surface area contributed by atoms with E-state index in [4.69, 9.17) is 14.2 Å². The number of carbonyl (C=O) groups excluding carboxylic acids is 2. The Labute approximate surface area is 422 Å². The van der Waals surface area contributed by atoms with Crippen LogP contribution in [0.3, 0.4) is 0 Å². The van der Waals surface area contributed by atoms with E-state index in [1.165, 1.54) is 23.5 Å². The van der Waals surface area contributed by atoms with Gasteiger partial charge in [0.05, 0.1) is 38.3 Å². The third-order valence-electron chi connectivity index (χ3n) is 11.4. The van der Waals surface area contributed by atoms with Crippen LogP contribution in [0.25, 0.3) is 11.4 Å². The zero-order chi connectivity index (χ0) is 49.7. The van der Waals surface area contributed by atoms with E-state index in [9.17, 15) is 9.59 Å². The summed E-state index contributed by atoms with van der Waals surface area (Å²) < 4.78 is 20.9. The maximum Gasteiger partial charge on any atom is 0.237 e. The predicted molar refractivity (Wildman–Crippen MR) is 281 cm³/mol. The smallest absolute Gasteiger partial charge is 0.237 e. The summed E-state index contributed by atoms with van der Waals surface area (Å²) in [5.74, 6) is 3.54. The maximum atomic E-state index is 13.8. The number of hydrogen-bond donors (Lipinski definition) is 4. The fraction of sp³-hybridized carbons (Fsp3) is 0.222. The molecule has 0 radical (unpaired) electrons. The highest BCUT2D eigenvalue weighted by molar-refractivity contribution is 8.00. The number of ether oxygens (including phenoxy) is 3. The summed E-state index contributed by atoms with van der Waals surface area (Å²) in [4.78, 5) is 26.6. The van der Waals surface area contributed by atoms with E-state index in [0.29, 0.717) is 54.0 Å². The van der Waals surface area contributed by atoms with Crippen molar-refractivity contribution >= 4 is 52.4 Å². The molecule has 2 aromatic heterocycles. The number of amides is 2. The van der Waals surface area contributed by atoms with Gasteiger partial charge in [-0.1, -0.05) is 83.7 Å². The van der Waals surface area contributed by atoms with Crippen LogP contribution in [0.2, 0.25) is 0 Å². The Bertz CT molecular complexity index is 3020. The number of aromatic nitrogens is 6. The van der Waals surface area contributed by atoms with Gasteiger partial charge in [-0.3, -0.25) is 18.7 Å². The van der Waals surface area contributed by atoms with Gasteiger partial charge in [-0.25, -0.2) is 0 Å². The number of carbonyl (C=O) groups is 2. The van der Waals surface area contributed by atoms with Crippen molar-refractivity contribution in [2.75, 3.05) is 35.9 Å². The van der Waals surface area contributed by atoms with E-state index < -0.39 is 5.25 Å². The number of benzene rings is 6. The second-order valence-corrected chi connectivity index (χ2v) is 18.9. The monoisotopic (exact) mass is 988 g/mol. The highest BCUT2D eigenvalue weighted by Gasteiger charge is 2.23. The number of aryl methyl sites for hydroxylation is 3. The topological polar surface area (TPSA) is 171 Å². The Kier molecular flexibility index (Phi) is 16.6. The first-order chi connectivity index (χ1) is 34.5. The standard InChI is InChI=1S/C54H56N10O5S2/c1-35-12-18-43(19-13-35)64-49(32-56-41-14-22-45(67-5)23-15-41)60-62-54(64)71-38(4)52(66)58-51-36(2)28-40(29-37(51)3)33-69-47-24-16-42(17-25-47)55-31-48-59-61-53(63(48)44-20-26-46(68-6)27-21-44)70-34-50(65)57-30-39-10-8-7-9-11-39/h7-29,38,55-56H,30-34H2,1-6H3,(H,57,65)(H,58,66). The van der Waals surface area contributed by atoms with Gasteiger partial charge in [-0.2, -0.15) is 0 Å². The van der Waals surface area contributed by atoms with Crippen LogP contribution in [0.4, 0.5) is 17.1 Å². The van der Waals surface area contributed by atoms with Crippen LogP contribution in [-0.2, 0) is 35.8 Å². The van der Waals surface area contributed by atoms with Gasteiger partial charge in [0.2, 0.25) is 11.8 Å². The molecule has 1 atom stereocenters. The van der Waals surface area contributed by atoms with E-state index in [0.717, 1.165) is 67.8 Å². The maximum absolute atomic E-state index is 13.8. The molecule has 8 rings (SSSR count). The molecule has 0 saturated heterocycles. The molecule has 1 unspecified atom stereocenters. The molecule has 0 bridgehead atoms. The van der Waals surface area contributed by atoms with Gasteiger partial charge in [0.25, 0.3) is 0 Å². The molecule has 17 heteroatoms. The first kappa shape index (κ1) is 49.7. The van der Waals surface area contributed by atoms with Gasteiger partial charge >= 0.3 is 0 Å². The minimum absolute atomic E-state index is 0.0971. The first-order valence-electron chi connectivity index (χ1n) is 23.0. The molecule has 2 heterocycles. The van der Waals surface area contributed by atoms with Crippen molar-refractivity contribution in [2.45, 2.75) is 69.5 Å². The molecule has 0 fully saturated rings. The first-order valence-corrected chi connectivity index (χ1v) is 24.9. The van der Waals surface area contributed by atoms with Gasteiger partial charge in [0.1, 0.15) is 23.9 Å². The number of nitrogens with zero attached hydrogens (tertiary/aromatic N) is 6. The molecule has 8 aromatic rings. The van der Waals surface area contributed by atoms with Crippen LogP contribution in [0.1, 0.15) is 46.4 Å². The molecule has 0 aliphatic carbocycles. The summed E-state index contributed by atoms with van der Waals surface area (Å²) in [6.45, 7) is 9.49. The SMILES string of the molecule is COc1ccc(NCc2nnc(SC(C)C(=O)Nc3c(C)cc(COc4ccc(NCc5nnc(SCC(=O)NCc6ccccc6)n5-c5ccc(OC)cc5)cc4)cc3C)n2-c2ccc(C)cc2)cc1. The summed E-state index contributed by atoms with van der Waals surface area (Å²) in [6.07, 6.45) is 0. The lowest BCUT2D eigenvalue weighted by Gasteiger charge is -2.18. The molecule has 15 nitrogen and oxygen atoms in total. The molecule has 71 heavy (non-hydrogen) atoms. The second kappa shape index (κ2) is 23.7. The molecule has 0 aliphatic heterocycles. The zero-order valence-corrected chi connectivity index (χ0v) is 42.1. The third-order valence-corrected chi connectivity index (χ3v) is 13.4. The van der Waals surface area contributed by atoms with Crippen LogP contribution in [0.5, 0.6) is 17.2 Å². The lowest BCUT2D eigenvalue weighted by Crippen LogP contribution is -2.24. The second-order valence-electron chi connectivity index (χ2n) is 16.7. The van der Waals surface area contributed by atoms with Crippen LogP contribution in [0, 0.1) is 20.8 Å². The van der Waals surface area contributed by atoms with E-state index in [1.807, 2.05) is 176 Å². The molecule has 364 valence electrons. The Morgan fingerprint density at radius 3 is 1.70 bits per heavy atom. The zero-order valence-electron chi connectivity index (χ0n) is 40.4. The number of anilines is 3. The molecule has 4 N–H and O–H groups in total. The van der Waals surface area contributed by atoms with Crippen LogP contribution in [0.15, 0.2) is 150 Å². The molecule has 0 spiro atoms. The number of hydrogen-bond acceptors (Lipinski definition) is 13. The minimum atomic E-state index is -0.483. The summed E-state index contributed by atoms with van der Waals surface area (Å²) in [5, 5.41) is 31.8. The van der Waals surface area contributed by atoms with E-state index in [-0.39, 0.29) is 17.6 Å². The van der Waals surface area contributed by atoms with Crippen molar-refractivity contribution in [2.24, 2.45) is 0 Å². The third kappa shape index (κ3) is 13.1. The summed E-state index contributed by atoms with van der Waals surface area (Å²) in [6, 6.07) is 45.1. The average Bonchev–Trinajstić information content (AvgIpc) is 4.00. The Morgan fingerprint density at radius 2 is 1.13 bits per heavy atom. The van der Waals surface area contributed by atoms with Crippen molar-refractivity contribution < 1.29 is 23.8 Å². The Morgan fingerprint density at radius 1 is 0.606 bits per heavy atom. The van der Waals surface area contributed by atoms with Gasteiger partial charge < -0.3 is 35.5 Å². The van der Waals surface area contributed by atoms with Crippen molar-refractivity contribution in [1.29, 1.82) is 0 Å². The highest BCUT2D eigenvalue weighted by Crippen LogP contribution is 2.30. The summed E-state index contributed by atoms with van der Waals surface area (Å²) >= 11 is 2.68. The van der Waals surface area contributed by atoms with E-state index in [1.54, 1.807) is 14.2 Å². The Hall–Kier alpha value is -7.76. The van der Waals surface area contributed by atoms with Crippen molar-refractivity contribution in [3.8, 4) is 28.6 Å². The molecular weight excluding hydrogens is 933 g/mol. The quantitative estimate of drug-likeness (QED) is 0.0474. The predicted octanol–water partition coefficient (Wildman–Crippen LogP) is 10.1. The molecule has 6 aromatic carbocycles. The number of nitrogens with one attached hydrogen (secondary N) is 4. The van der Waals surface area contributed by atoms with E-state index >= 15 is 0 Å². The lowest BCUT2D eigenvalue weighted by atomic mass is 10.0. The minimum Gasteiger partial charge on any atom is -0.497 e. The summed E-state index contributed by atoms with van der Waals surface area (Å²) in [5.41, 5.74) is 9.32. The molecule has 0 aliphatic rings. The summed E-state index contributed by atoms with van der Waals surface area (Å²) in [7, 11) is 3.27. The van der Waals surface area contributed by atoms with Gasteiger partial charge in [-0.15, -0.1) is 20.4 Å². The van der Waals surface area contributed by atoms with Gasteiger partial charge in [0.15, 0.2) is 22.0 Å². The lowest BCUT2D eigenvalue weighted by molar-refractivity contribution is -0.118. The molecule has 2 amide bonds. The number of thioether (sulfide) groups is 2. The largest absolute Gasteiger partial charge is 0.497 e. The molecule has 0 saturated carbocycles. The van der Waals surface area contributed by atoms with Gasteiger partial charge in [0, 0.05) is 35.0 Å². The van der Waals surface area contributed by atoms with Crippen LogP contribution < -0.4 is 35.5 Å². The Balaban J connectivity index is 0.857. The number of methoxy groups -OCH3 is 2. The average molecular weight is 989 g/mol. The van der Waals surface area contributed by atoms with Gasteiger partial charge in [-0.05, 0) is 135 Å². The normalized spacial score (nSPS) is 11.4. The van der Waals surface area contributed by atoms with Crippen LogP contribution in [-0.4, -0.2) is 66.6 Å². The number of rotatable bonds is 22.